The van der Waals surface area contributed by atoms with E-state index in [1.807, 2.05) is 65.1 Å². The van der Waals surface area contributed by atoms with Gasteiger partial charge in [-0.2, -0.15) is 0 Å². The van der Waals surface area contributed by atoms with E-state index in [2.05, 4.69) is 14.3 Å². The van der Waals surface area contributed by atoms with E-state index in [4.69, 9.17) is 9.47 Å². The molecule has 2 fully saturated rings. The van der Waals surface area contributed by atoms with Crippen LogP contribution >= 0.6 is 11.9 Å². The normalized spacial score (nSPS) is 19.8. The monoisotopic (exact) mass is 502 g/mol. The Bertz CT molecular complexity index is 964. The Balaban J connectivity index is 0.00000167. The third-order valence-electron chi connectivity index (χ3n) is 5.95. The third kappa shape index (κ3) is 6.86. The molecule has 0 aliphatic carbocycles. The molecule has 1 unspecified atom stereocenters. The van der Waals surface area contributed by atoms with Crippen LogP contribution < -0.4 is 0 Å². The summed E-state index contributed by atoms with van der Waals surface area (Å²) in [5.74, 6) is 0.0548. The number of Topliss-reactive ketones (excluding diaryl/α,β-unsaturated/α-hetero) is 1. The maximum absolute atomic E-state index is 12.6. The molecule has 0 radical (unpaired) electrons. The van der Waals surface area contributed by atoms with Crippen molar-refractivity contribution in [3.8, 4) is 0 Å². The molecular weight excluding hydrogens is 464 g/mol. The van der Waals surface area contributed by atoms with E-state index in [1.165, 1.54) is 0 Å². The van der Waals surface area contributed by atoms with Crippen LogP contribution in [0.2, 0.25) is 0 Å². The summed E-state index contributed by atoms with van der Waals surface area (Å²) in [6, 6.07) is 7.84. The number of hydrogen-bond donors (Lipinski definition) is 1. The Morgan fingerprint density at radius 2 is 1.86 bits per heavy atom. The number of imidazole rings is 1. The number of nitrogens with one attached hydrogen (secondary N) is 1. The summed E-state index contributed by atoms with van der Waals surface area (Å²) < 4.78 is 14.4. The van der Waals surface area contributed by atoms with Crippen molar-refractivity contribution >= 4 is 23.8 Å². The van der Waals surface area contributed by atoms with Gasteiger partial charge in [-0.3, -0.25) is 4.79 Å². The molecule has 2 aromatic rings. The van der Waals surface area contributed by atoms with Gasteiger partial charge in [0.1, 0.15) is 11.3 Å². The SMILES string of the molecule is CC.CC(=O)c1ccc(SN2C(Cc3cnc[nH]3)COC23CCN(C(=O)OC(C)(C)C)CC3)cc1. The maximum atomic E-state index is 12.6. The number of piperidine rings is 1. The molecule has 0 saturated carbocycles. The van der Waals surface area contributed by atoms with Gasteiger partial charge < -0.3 is 19.4 Å². The zero-order chi connectivity index (χ0) is 25.6. The van der Waals surface area contributed by atoms with Crippen LogP contribution in [0.25, 0.3) is 0 Å². The van der Waals surface area contributed by atoms with Crippen molar-refractivity contribution in [3.63, 3.8) is 0 Å². The number of ketones is 1. The van der Waals surface area contributed by atoms with Crippen molar-refractivity contribution in [3.05, 3.63) is 48.0 Å². The topological polar surface area (TPSA) is 87.8 Å². The first-order valence-electron chi connectivity index (χ1n) is 12.3. The molecule has 2 aliphatic rings. The molecule has 9 heteroatoms. The number of aromatic nitrogens is 2. The molecule has 4 rings (SSSR count). The molecule has 1 N–H and O–H groups in total. The average Bonchev–Trinajstić information content (AvgIpc) is 3.45. The van der Waals surface area contributed by atoms with E-state index < -0.39 is 11.3 Å². The predicted octanol–water partition coefficient (Wildman–Crippen LogP) is 5.32. The van der Waals surface area contributed by atoms with Gasteiger partial charge in [0.2, 0.25) is 0 Å². The molecule has 8 nitrogen and oxygen atoms in total. The van der Waals surface area contributed by atoms with E-state index in [0.717, 1.165) is 17.0 Å². The Morgan fingerprint density at radius 1 is 1.20 bits per heavy atom. The summed E-state index contributed by atoms with van der Waals surface area (Å²) in [6.45, 7) is 13.0. The van der Waals surface area contributed by atoms with Crippen molar-refractivity contribution in [2.45, 2.75) is 83.1 Å². The minimum absolute atomic E-state index is 0.0548. The lowest BCUT2D eigenvalue weighted by Crippen LogP contribution is -2.54. The van der Waals surface area contributed by atoms with E-state index in [0.29, 0.717) is 38.1 Å². The number of hydrogen-bond acceptors (Lipinski definition) is 7. The van der Waals surface area contributed by atoms with E-state index >= 15 is 0 Å². The van der Waals surface area contributed by atoms with Crippen LogP contribution in [-0.2, 0) is 15.9 Å². The molecule has 1 aromatic heterocycles. The van der Waals surface area contributed by atoms with Gasteiger partial charge in [0.05, 0.1) is 19.0 Å². The zero-order valence-electron chi connectivity index (χ0n) is 21.7. The summed E-state index contributed by atoms with van der Waals surface area (Å²) in [5.41, 5.74) is 0.780. The molecule has 3 heterocycles. The summed E-state index contributed by atoms with van der Waals surface area (Å²) >= 11 is 1.65. The second-order valence-corrected chi connectivity index (χ2v) is 10.7. The van der Waals surface area contributed by atoms with Crippen LogP contribution in [0.15, 0.2) is 41.7 Å². The molecule has 192 valence electrons. The Morgan fingerprint density at radius 3 is 2.40 bits per heavy atom. The summed E-state index contributed by atoms with van der Waals surface area (Å²) in [5, 5.41) is 0. The Labute approximate surface area is 212 Å². The number of carbonyl (C=O) groups excluding carboxylic acids is 2. The van der Waals surface area contributed by atoms with Gasteiger partial charge in [0, 0.05) is 54.7 Å². The lowest BCUT2D eigenvalue weighted by atomic mass is 10.00. The predicted molar refractivity (Wildman–Crippen MR) is 137 cm³/mol. The molecule has 1 amide bonds. The van der Waals surface area contributed by atoms with Crippen LogP contribution in [0, 0.1) is 0 Å². The van der Waals surface area contributed by atoms with Crippen LogP contribution in [0.3, 0.4) is 0 Å². The standard InChI is InChI=1S/C24H32N4O4S.C2H6/c1-17(29)18-5-7-21(8-6-18)33-28-20(13-19-14-25-16-26-19)15-31-24(28)9-11-27(12-10-24)22(30)32-23(2,3)4;1-2/h5-8,14,16,20H,9-13,15H2,1-4H3,(H,25,26);1-2H3. The molecule has 2 aliphatic heterocycles. The number of amides is 1. The molecule has 0 bridgehead atoms. The number of aromatic amines is 1. The smallest absolute Gasteiger partial charge is 0.410 e. The van der Waals surface area contributed by atoms with E-state index in [-0.39, 0.29) is 17.9 Å². The van der Waals surface area contributed by atoms with Gasteiger partial charge in [-0.15, -0.1) is 0 Å². The molecule has 1 aromatic carbocycles. The number of nitrogens with zero attached hydrogens (tertiary/aromatic N) is 3. The molecule has 1 spiro atoms. The fourth-order valence-corrected chi connectivity index (χ4v) is 5.43. The summed E-state index contributed by atoms with van der Waals surface area (Å²) in [6.07, 6.45) is 5.45. The number of ether oxygens (including phenoxy) is 2. The van der Waals surface area contributed by atoms with Crippen LogP contribution in [0.1, 0.15) is 70.4 Å². The lowest BCUT2D eigenvalue weighted by molar-refractivity contribution is -0.0888. The second-order valence-electron chi connectivity index (χ2n) is 9.66. The van der Waals surface area contributed by atoms with E-state index in [9.17, 15) is 9.59 Å². The van der Waals surface area contributed by atoms with Crippen molar-refractivity contribution in [1.82, 2.24) is 19.2 Å². The number of rotatable bonds is 5. The number of benzene rings is 1. The lowest BCUT2D eigenvalue weighted by Gasteiger charge is -2.44. The van der Waals surface area contributed by atoms with Gasteiger partial charge in [-0.25, -0.2) is 14.1 Å². The Kier molecular flexibility index (Phi) is 9.01. The fraction of sp³-hybridized carbons (Fsp3) is 0.577. The highest BCUT2D eigenvalue weighted by molar-refractivity contribution is 7.97. The van der Waals surface area contributed by atoms with Crippen molar-refractivity contribution in [2.75, 3.05) is 19.7 Å². The van der Waals surface area contributed by atoms with Crippen LogP contribution in [0.5, 0.6) is 0 Å². The Hall–Kier alpha value is -2.36. The van der Waals surface area contributed by atoms with Crippen molar-refractivity contribution in [2.24, 2.45) is 0 Å². The quantitative estimate of drug-likeness (QED) is 0.437. The second kappa shape index (κ2) is 11.6. The number of carbonyl (C=O) groups is 2. The number of likely N-dealkylation sites (tertiary alicyclic amines) is 1. The van der Waals surface area contributed by atoms with Crippen LogP contribution in [-0.4, -0.2) is 68.1 Å². The van der Waals surface area contributed by atoms with Gasteiger partial charge in [-0.1, -0.05) is 26.0 Å². The average molecular weight is 503 g/mol. The first kappa shape index (κ1) is 27.2. The molecule has 2 saturated heterocycles. The summed E-state index contributed by atoms with van der Waals surface area (Å²) in [7, 11) is 0. The van der Waals surface area contributed by atoms with Gasteiger partial charge in [0.15, 0.2) is 5.78 Å². The maximum Gasteiger partial charge on any atom is 0.410 e. The molecular formula is C26H38N4O4S. The highest BCUT2D eigenvalue weighted by atomic mass is 32.2. The van der Waals surface area contributed by atoms with Gasteiger partial charge in [-0.05, 0) is 51.8 Å². The molecule has 35 heavy (non-hydrogen) atoms. The third-order valence-corrected chi connectivity index (χ3v) is 7.26. The first-order chi connectivity index (χ1) is 16.7. The largest absolute Gasteiger partial charge is 0.444 e. The van der Waals surface area contributed by atoms with Crippen molar-refractivity contribution in [1.29, 1.82) is 0 Å². The first-order valence-corrected chi connectivity index (χ1v) is 13.1. The summed E-state index contributed by atoms with van der Waals surface area (Å²) in [4.78, 5) is 34.4. The van der Waals surface area contributed by atoms with Gasteiger partial charge in [0.25, 0.3) is 0 Å². The highest BCUT2D eigenvalue weighted by Crippen LogP contribution is 2.45. The van der Waals surface area contributed by atoms with Crippen molar-refractivity contribution < 1.29 is 19.1 Å². The van der Waals surface area contributed by atoms with E-state index in [1.54, 1.807) is 30.1 Å². The zero-order valence-corrected chi connectivity index (χ0v) is 22.5. The molecule has 1 atom stereocenters. The minimum atomic E-state index is -0.515. The number of H-pyrrole nitrogens is 1. The minimum Gasteiger partial charge on any atom is -0.444 e. The van der Waals surface area contributed by atoms with Gasteiger partial charge >= 0.3 is 6.09 Å². The van der Waals surface area contributed by atoms with Crippen LogP contribution in [0.4, 0.5) is 4.79 Å². The fourth-order valence-electron chi connectivity index (χ4n) is 4.26. The highest BCUT2D eigenvalue weighted by Gasteiger charge is 2.50.